The third kappa shape index (κ3) is 2.72. The molecule has 0 amide bonds. The van der Waals surface area contributed by atoms with Crippen LogP contribution in [0.5, 0.6) is 5.75 Å². The van der Waals surface area contributed by atoms with Gasteiger partial charge in [0.2, 0.25) is 0 Å². The van der Waals surface area contributed by atoms with Crippen molar-refractivity contribution in [2.75, 3.05) is 0 Å². The minimum absolute atomic E-state index is 0.0361. The Hall–Kier alpha value is -2.86. The van der Waals surface area contributed by atoms with Gasteiger partial charge < -0.3 is 5.11 Å². The van der Waals surface area contributed by atoms with E-state index in [0.717, 1.165) is 5.56 Å². The standard InChI is InChI=1S/C19H18N4O/c1-11-3-5-13(6-4-11)19-18(12(2)22-23-19)16-7-14(9-20)15(10-21)8-17(16)24/h3-8,12,18-19,22-24H,1-2H3. The van der Waals surface area contributed by atoms with Gasteiger partial charge in [-0.3, -0.25) is 5.43 Å². The molecule has 0 radical (unpaired) electrons. The van der Waals surface area contributed by atoms with Crippen LogP contribution >= 0.6 is 0 Å². The lowest BCUT2D eigenvalue weighted by Gasteiger charge is -2.23. The maximum absolute atomic E-state index is 10.4. The second-order valence-corrected chi connectivity index (χ2v) is 6.17. The molecule has 2 aromatic rings. The Morgan fingerprint density at radius 2 is 1.62 bits per heavy atom. The van der Waals surface area contributed by atoms with Crippen molar-refractivity contribution in [2.24, 2.45) is 0 Å². The van der Waals surface area contributed by atoms with Crippen molar-refractivity contribution in [3.63, 3.8) is 0 Å². The Balaban J connectivity index is 2.07. The topological polar surface area (TPSA) is 91.9 Å². The number of benzene rings is 2. The molecule has 0 bridgehead atoms. The Morgan fingerprint density at radius 3 is 2.25 bits per heavy atom. The number of rotatable bonds is 2. The van der Waals surface area contributed by atoms with Crippen LogP contribution in [0.25, 0.3) is 0 Å². The number of nitrogens with zero attached hydrogens (tertiary/aromatic N) is 2. The van der Waals surface area contributed by atoms with Crippen molar-refractivity contribution in [1.82, 2.24) is 10.9 Å². The molecular formula is C19H18N4O. The summed E-state index contributed by atoms with van der Waals surface area (Å²) in [5.41, 5.74) is 9.92. The molecule has 1 aliphatic heterocycles. The summed E-state index contributed by atoms with van der Waals surface area (Å²) in [6.45, 7) is 4.06. The minimum Gasteiger partial charge on any atom is -0.508 e. The molecular weight excluding hydrogens is 300 g/mol. The number of phenols is 1. The van der Waals surface area contributed by atoms with Crippen molar-refractivity contribution < 1.29 is 5.11 Å². The molecule has 3 N–H and O–H groups in total. The summed E-state index contributed by atoms with van der Waals surface area (Å²) in [6.07, 6.45) is 0. The second-order valence-electron chi connectivity index (χ2n) is 6.17. The number of aryl methyl sites for hydroxylation is 1. The first kappa shape index (κ1) is 16.0. The van der Waals surface area contributed by atoms with Crippen LogP contribution in [0.15, 0.2) is 36.4 Å². The first-order valence-corrected chi connectivity index (χ1v) is 7.80. The van der Waals surface area contributed by atoms with Crippen LogP contribution in [0.2, 0.25) is 0 Å². The number of aromatic hydroxyl groups is 1. The SMILES string of the molecule is Cc1ccc(C2NNC(C)C2c2cc(C#N)c(C#N)cc2O)cc1. The van der Waals surface area contributed by atoms with E-state index in [0.29, 0.717) is 5.56 Å². The molecule has 3 unspecified atom stereocenters. The Bertz CT molecular complexity index is 845. The molecule has 1 saturated heterocycles. The first-order valence-electron chi connectivity index (χ1n) is 7.80. The van der Waals surface area contributed by atoms with Gasteiger partial charge in [-0.1, -0.05) is 29.8 Å². The molecule has 3 atom stereocenters. The van der Waals surface area contributed by atoms with Gasteiger partial charge in [0.1, 0.15) is 17.9 Å². The lowest BCUT2D eigenvalue weighted by molar-refractivity contribution is 0.449. The highest BCUT2D eigenvalue weighted by Crippen LogP contribution is 2.41. The third-order valence-electron chi connectivity index (χ3n) is 4.57. The highest BCUT2D eigenvalue weighted by atomic mass is 16.3. The van der Waals surface area contributed by atoms with Crippen LogP contribution in [0.3, 0.4) is 0 Å². The van der Waals surface area contributed by atoms with Crippen molar-refractivity contribution in [3.8, 4) is 17.9 Å². The number of hydrogen-bond donors (Lipinski definition) is 3. The van der Waals surface area contributed by atoms with Gasteiger partial charge in [-0.2, -0.15) is 10.5 Å². The summed E-state index contributed by atoms with van der Waals surface area (Å²) < 4.78 is 0. The zero-order valence-electron chi connectivity index (χ0n) is 13.5. The van der Waals surface area contributed by atoms with Crippen molar-refractivity contribution in [3.05, 3.63) is 64.2 Å². The summed E-state index contributed by atoms with van der Waals surface area (Å²) in [7, 11) is 0. The molecule has 0 spiro atoms. The van der Waals surface area contributed by atoms with E-state index in [1.54, 1.807) is 6.07 Å². The van der Waals surface area contributed by atoms with Gasteiger partial charge in [-0.15, -0.1) is 0 Å². The van der Waals surface area contributed by atoms with Gasteiger partial charge in [0.25, 0.3) is 0 Å². The summed E-state index contributed by atoms with van der Waals surface area (Å²) >= 11 is 0. The maximum atomic E-state index is 10.4. The lowest BCUT2D eigenvalue weighted by Crippen LogP contribution is -2.29. The fraction of sp³-hybridized carbons (Fsp3) is 0.263. The smallest absolute Gasteiger partial charge is 0.120 e. The number of hydrazine groups is 1. The quantitative estimate of drug-likeness (QED) is 0.792. The average molecular weight is 318 g/mol. The predicted octanol–water partition coefficient (Wildman–Crippen LogP) is 2.77. The molecule has 1 fully saturated rings. The average Bonchev–Trinajstić information content (AvgIpc) is 2.96. The normalized spacial score (nSPS) is 22.8. The summed E-state index contributed by atoms with van der Waals surface area (Å²) in [6, 6.07) is 15.2. The molecule has 24 heavy (non-hydrogen) atoms. The van der Waals surface area contributed by atoms with Crippen LogP contribution in [0.4, 0.5) is 0 Å². The maximum Gasteiger partial charge on any atom is 0.120 e. The van der Waals surface area contributed by atoms with Crippen molar-refractivity contribution in [1.29, 1.82) is 10.5 Å². The fourth-order valence-electron chi connectivity index (χ4n) is 3.26. The number of nitrogens with one attached hydrogen (secondary N) is 2. The third-order valence-corrected chi connectivity index (χ3v) is 4.57. The summed E-state index contributed by atoms with van der Waals surface area (Å²) in [4.78, 5) is 0. The van der Waals surface area contributed by atoms with E-state index < -0.39 is 0 Å². The van der Waals surface area contributed by atoms with E-state index in [4.69, 9.17) is 5.26 Å². The minimum atomic E-state index is -0.0625. The Labute approximate surface area is 141 Å². The second kappa shape index (κ2) is 6.33. The number of phenolic OH excluding ortho intramolecular Hbond substituents is 1. The largest absolute Gasteiger partial charge is 0.508 e. The summed E-state index contributed by atoms with van der Waals surface area (Å²) in [5, 5.41) is 28.8. The zero-order chi connectivity index (χ0) is 17.3. The molecule has 2 aromatic carbocycles. The highest BCUT2D eigenvalue weighted by molar-refractivity contribution is 5.54. The fourth-order valence-corrected chi connectivity index (χ4v) is 3.26. The molecule has 1 heterocycles. The number of hydrogen-bond acceptors (Lipinski definition) is 5. The van der Waals surface area contributed by atoms with Gasteiger partial charge >= 0.3 is 0 Å². The Morgan fingerprint density at radius 1 is 1.00 bits per heavy atom. The molecule has 5 heteroatoms. The van der Waals surface area contributed by atoms with E-state index in [1.165, 1.54) is 11.6 Å². The molecule has 0 saturated carbocycles. The van der Waals surface area contributed by atoms with Crippen molar-refractivity contribution in [2.45, 2.75) is 31.8 Å². The van der Waals surface area contributed by atoms with Crippen LogP contribution in [0, 0.1) is 29.6 Å². The van der Waals surface area contributed by atoms with Crippen LogP contribution in [-0.4, -0.2) is 11.1 Å². The van der Waals surface area contributed by atoms with Gasteiger partial charge in [0, 0.05) is 17.5 Å². The molecule has 120 valence electrons. The lowest BCUT2D eigenvalue weighted by atomic mass is 9.82. The van der Waals surface area contributed by atoms with Gasteiger partial charge in [0.15, 0.2) is 0 Å². The van der Waals surface area contributed by atoms with E-state index in [1.807, 2.05) is 26.0 Å². The van der Waals surface area contributed by atoms with Gasteiger partial charge in [-0.25, -0.2) is 5.43 Å². The van der Waals surface area contributed by atoms with E-state index in [-0.39, 0.29) is 34.9 Å². The first-order chi connectivity index (χ1) is 11.5. The van der Waals surface area contributed by atoms with Crippen LogP contribution in [0.1, 0.15) is 46.7 Å². The molecule has 5 nitrogen and oxygen atoms in total. The van der Waals surface area contributed by atoms with Gasteiger partial charge in [0.05, 0.1) is 17.2 Å². The monoisotopic (exact) mass is 318 g/mol. The molecule has 3 rings (SSSR count). The summed E-state index contributed by atoms with van der Waals surface area (Å²) in [5.74, 6) is -0.0161. The van der Waals surface area contributed by atoms with Crippen LogP contribution in [-0.2, 0) is 0 Å². The number of nitriles is 2. The molecule has 0 aliphatic carbocycles. The van der Waals surface area contributed by atoms with E-state index >= 15 is 0 Å². The Kier molecular flexibility index (Phi) is 4.22. The zero-order valence-corrected chi connectivity index (χ0v) is 13.5. The van der Waals surface area contributed by atoms with Crippen LogP contribution < -0.4 is 10.9 Å². The van der Waals surface area contributed by atoms with E-state index in [9.17, 15) is 10.4 Å². The molecule has 0 aromatic heterocycles. The highest BCUT2D eigenvalue weighted by Gasteiger charge is 2.37. The molecule has 1 aliphatic rings. The predicted molar refractivity (Wildman–Crippen MR) is 89.9 cm³/mol. The van der Waals surface area contributed by atoms with Crippen molar-refractivity contribution >= 4 is 0 Å². The van der Waals surface area contributed by atoms with E-state index in [2.05, 4.69) is 35.1 Å². The van der Waals surface area contributed by atoms with Gasteiger partial charge in [-0.05, 0) is 31.5 Å².